The second-order valence-corrected chi connectivity index (χ2v) is 7.64. The molecule has 0 saturated carbocycles. The van der Waals surface area contributed by atoms with Crippen LogP contribution >= 0.6 is 11.8 Å². The Morgan fingerprint density at radius 3 is 3.00 bits per heavy atom. The highest BCUT2D eigenvalue weighted by atomic mass is 32.2. The molecule has 2 aliphatic rings. The molecule has 1 amide bonds. The standard InChI is InChI=1S/C19H22N2O2S/c22-19(18-17-6-2-1-4-14(17)7-9-20-18)21(15-8-11-24-13-15)12-16-5-3-10-23-16/h1-2,4,6-7,9,15-16H,3,5,8,10-13H2/t15-,16-/m1/s1. The first-order valence-electron chi connectivity index (χ1n) is 8.67. The van der Waals surface area contributed by atoms with Gasteiger partial charge in [0, 0.05) is 36.5 Å². The van der Waals surface area contributed by atoms with Gasteiger partial charge in [-0.05, 0) is 36.5 Å². The number of fused-ring (bicyclic) bond motifs is 1. The van der Waals surface area contributed by atoms with Gasteiger partial charge < -0.3 is 9.64 Å². The number of pyridine rings is 1. The molecular formula is C19H22N2O2S. The Labute approximate surface area is 146 Å². The summed E-state index contributed by atoms with van der Waals surface area (Å²) in [6, 6.07) is 10.2. The number of aromatic nitrogens is 1. The van der Waals surface area contributed by atoms with E-state index >= 15 is 0 Å². The van der Waals surface area contributed by atoms with Gasteiger partial charge >= 0.3 is 0 Å². The molecule has 0 unspecified atom stereocenters. The number of carbonyl (C=O) groups excluding carboxylic acids is 1. The number of benzene rings is 1. The second-order valence-electron chi connectivity index (χ2n) is 6.49. The fraction of sp³-hybridized carbons (Fsp3) is 0.474. The summed E-state index contributed by atoms with van der Waals surface area (Å²) < 4.78 is 5.80. The van der Waals surface area contributed by atoms with Crippen LogP contribution in [0.25, 0.3) is 10.8 Å². The third-order valence-electron chi connectivity index (χ3n) is 4.91. The molecule has 0 bridgehead atoms. The number of hydrogen-bond acceptors (Lipinski definition) is 4. The second kappa shape index (κ2) is 7.11. The number of amides is 1. The summed E-state index contributed by atoms with van der Waals surface area (Å²) in [7, 11) is 0. The Balaban J connectivity index is 1.66. The SMILES string of the molecule is O=C(c1nccc2ccccc12)N(C[C@H]1CCCO1)[C@@H]1CCSC1. The Morgan fingerprint density at radius 2 is 2.21 bits per heavy atom. The van der Waals surface area contributed by atoms with Gasteiger partial charge in [0.1, 0.15) is 5.69 Å². The highest BCUT2D eigenvalue weighted by molar-refractivity contribution is 7.99. The van der Waals surface area contributed by atoms with Crippen molar-refractivity contribution in [1.29, 1.82) is 0 Å². The van der Waals surface area contributed by atoms with Crippen LogP contribution in [-0.2, 0) is 4.74 Å². The number of hydrogen-bond donors (Lipinski definition) is 0. The van der Waals surface area contributed by atoms with Crippen molar-refractivity contribution in [3.63, 3.8) is 0 Å². The van der Waals surface area contributed by atoms with E-state index in [1.54, 1.807) is 6.20 Å². The number of thioether (sulfide) groups is 1. The number of nitrogens with zero attached hydrogens (tertiary/aromatic N) is 2. The smallest absolute Gasteiger partial charge is 0.273 e. The minimum atomic E-state index is 0.0507. The van der Waals surface area contributed by atoms with Gasteiger partial charge in [0.05, 0.1) is 6.10 Å². The van der Waals surface area contributed by atoms with Gasteiger partial charge in [0.2, 0.25) is 0 Å². The molecule has 126 valence electrons. The third-order valence-corrected chi connectivity index (χ3v) is 6.05. The lowest BCUT2D eigenvalue weighted by molar-refractivity contribution is 0.0439. The Morgan fingerprint density at radius 1 is 1.29 bits per heavy atom. The van der Waals surface area contributed by atoms with Gasteiger partial charge in [-0.3, -0.25) is 9.78 Å². The maximum absolute atomic E-state index is 13.3. The molecule has 3 heterocycles. The van der Waals surface area contributed by atoms with Gasteiger partial charge in [0.15, 0.2) is 0 Å². The van der Waals surface area contributed by atoms with Crippen molar-refractivity contribution in [1.82, 2.24) is 9.88 Å². The molecule has 2 aromatic rings. The molecule has 2 atom stereocenters. The summed E-state index contributed by atoms with van der Waals surface area (Å²) in [6.07, 6.45) is 5.12. The minimum Gasteiger partial charge on any atom is -0.376 e. The summed E-state index contributed by atoms with van der Waals surface area (Å²) in [5.41, 5.74) is 0.572. The zero-order valence-electron chi connectivity index (χ0n) is 13.7. The fourth-order valence-electron chi connectivity index (χ4n) is 3.60. The van der Waals surface area contributed by atoms with E-state index in [9.17, 15) is 4.79 Å². The van der Waals surface area contributed by atoms with Crippen LogP contribution in [0, 0.1) is 0 Å². The molecule has 2 fully saturated rings. The molecule has 4 nitrogen and oxygen atoms in total. The average molecular weight is 342 g/mol. The molecule has 4 rings (SSSR count). The summed E-state index contributed by atoms with van der Waals surface area (Å²) in [4.78, 5) is 19.8. The lowest BCUT2D eigenvalue weighted by Crippen LogP contribution is -2.45. The topological polar surface area (TPSA) is 42.4 Å². The molecule has 0 aliphatic carbocycles. The predicted octanol–water partition coefficient (Wildman–Crippen LogP) is 3.36. The predicted molar refractivity (Wildman–Crippen MR) is 97.5 cm³/mol. The van der Waals surface area contributed by atoms with Crippen molar-refractivity contribution >= 4 is 28.4 Å². The minimum absolute atomic E-state index is 0.0507. The van der Waals surface area contributed by atoms with Crippen molar-refractivity contribution in [2.24, 2.45) is 0 Å². The van der Waals surface area contributed by atoms with E-state index in [1.165, 1.54) is 0 Å². The maximum atomic E-state index is 13.3. The summed E-state index contributed by atoms with van der Waals surface area (Å²) in [5.74, 6) is 2.20. The summed E-state index contributed by atoms with van der Waals surface area (Å²) in [6.45, 7) is 1.51. The lowest BCUT2D eigenvalue weighted by atomic mass is 10.1. The molecule has 0 N–H and O–H groups in total. The van der Waals surface area contributed by atoms with Crippen LogP contribution in [0.3, 0.4) is 0 Å². The number of ether oxygens (including phenoxy) is 1. The number of carbonyl (C=O) groups is 1. The van der Waals surface area contributed by atoms with Crippen molar-refractivity contribution in [3.05, 3.63) is 42.2 Å². The van der Waals surface area contributed by atoms with E-state index < -0.39 is 0 Å². The van der Waals surface area contributed by atoms with Crippen molar-refractivity contribution in [2.75, 3.05) is 24.7 Å². The van der Waals surface area contributed by atoms with Gasteiger partial charge in [-0.25, -0.2) is 0 Å². The molecule has 1 aromatic heterocycles. The first-order valence-corrected chi connectivity index (χ1v) is 9.82. The van der Waals surface area contributed by atoms with Crippen molar-refractivity contribution in [3.8, 4) is 0 Å². The van der Waals surface area contributed by atoms with Crippen LogP contribution in [0.5, 0.6) is 0 Å². The molecule has 24 heavy (non-hydrogen) atoms. The van der Waals surface area contributed by atoms with E-state index in [2.05, 4.69) is 4.98 Å². The Hall–Kier alpha value is -1.59. The maximum Gasteiger partial charge on any atom is 0.273 e. The first kappa shape index (κ1) is 15.9. The largest absolute Gasteiger partial charge is 0.376 e. The van der Waals surface area contributed by atoms with Gasteiger partial charge in [-0.1, -0.05) is 24.3 Å². The van der Waals surface area contributed by atoms with Gasteiger partial charge in [-0.15, -0.1) is 0 Å². The molecule has 2 saturated heterocycles. The van der Waals surface area contributed by atoms with Crippen LogP contribution < -0.4 is 0 Å². The van der Waals surface area contributed by atoms with Crippen LogP contribution in [0.1, 0.15) is 29.8 Å². The monoisotopic (exact) mass is 342 g/mol. The molecule has 1 aromatic carbocycles. The summed E-state index contributed by atoms with van der Waals surface area (Å²) >= 11 is 1.93. The van der Waals surface area contributed by atoms with E-state index in [-0.39, 0.29) is 12.0 Å². The molecule has 5 heteroatoms. The molecule has 0 radical (unpaired) electrons. The third kappa shape index (κ3) is 3.15. The quantitative estimate of drug-likeness (QED) is 0.854. The molecule has 2 aliphatic heterocycles. The van der Waals surface area contributed by atoms with Crippen LogP contribution in [0.15, 0.2) is 36.5 Å². The first-order chi connectivity index (χ1) is 11.8. The Bertz CT molecular complexity index is 719. The van der Waals surface area contributed by atoms with E-state index in [1.807, 2.05) is 47.0 Å². The Kier molecular flexibility index (Phi) is 4.72. The lowest BCUT2D eigenvalue weighted by Gasteiger charge is -2.30. The van der Waals surface area contributed by atoms with Crippen LogP contribution in [0.4, 0.5) is 0 Å². The fourth-order valence-corrected chi connectivity index (χ4v) is 4.82. The van der Waals surface area contributed by atoms with E-state index in [0.29, 0.717) is 18.3 Å². The zero-order chi connectivity index (χ0) is 16.4. The van der Waals surface area contributed by atoms with Gasteiger partial charge in [-0.2, -0.15) is 11.8 Å². The van der Waals surface area contributed by atoms with E-state index in [4.69, 9.17) is 4.74 Å². The van der Waals surface area contributed by atoms with E-state index in [0.717, 1.165) is 48.1 Å². The highest BCUT2D eigenvalue weighted by Crippen LogP contribution is 2.27. The molecule has 0 spiro atoms. The van der Waals surface area contributed by atoms with Crippen molar-refractivity contribution < 1.29 is 9.53 Å². The highest BCUT2D eigenvalue weighted by Gasteiger charge is 2.32. The number of rotatable bonds is 4. The normalized spacial score (nSPS) is 23.7. The van der Waals surface area contributed by atoms with Crippen molar-refractivity contribution in [2.45, 2.75) is 31.4 Å². The zero-order valence-corrected chi connectivity index (χ0v) is 14.5. The van der Waals surface area contributed by atoms with Crippen LogP contribution in [0.2, 0.25) is 0 Å². The van der Waals surface area contributed by atoms with Crippen LogP contribution in [-0.4, -0.2) is 52.6 Å². The molecular weight excluding hydrogens is 320 g/mol. The summed E-state index contributed by atoms with van der Waals surface area (Å²) in [5, 5.41) is 2.00. The average Bonchev–Trinajstić information content (AvgIpc) is 3.32. The van der Waals surface area contributed by atoms with Gasteiger partial charge in [0.25, 0.3) is 5.91 Å².